The normalized spacial score (nSPS) is 22.3. The molecule has 218 valence electrons. The summed E-state index contributed by atoms with van der Waals surface area (Å²) in [5.74, 6) is 2.89. The van der Waals surface area contributed by atoms with E-state index in [1.54, 1.807) is 11.8 Å². The molecular weight excluding hydrogens is 518 g/mol. The Bertz CT molecular complexity index is 1110. The Morgan fingerprint density at radius 2 is 1.70 bits per heavy atom. The minimum atomic E-state index is -0.0435. The smallest absolute Gasteiger partial charge is 0.242 e. The lowest BCUT2D eigenvalue weighted by Gasteiger charge is -2.40. The molecule has 0 radical (unpaired) electrons. The fraction of sp³-hybridized carbons (Fsp3) is 0.677. The van der Waals surface area contributed by atoms with Crippen LogP contribution in [0.4, 0.5) is 17.6 Å². The molecule has 1 aliphatic carbocycles. The SMILES string of the molecule is CCCN1CCN(Cc2ccc(Nc3ncc4c(n3)N(C(C)C(C)C)C(=O)C(C3CCCCCC3)S4)nc2)CC1. The number of amides is 1. The maximum atomic E-state index is 14.0. The number of carbonyl (C=O) groups is 1. The molecule has 1 N–H and O–H groups in total. The van der Waals surface area contributed by atoms with Crippen molar-refractivity contribution in [2.45, 2.75) is 95.4 Å². The van der Waals surface area contributed by atoms with Crippen molar-refractivity contribution in [1.82, 2.24) is 24.8 Å². The zero-order chi connectivity index (χ0) is 28.1. The lowest BCUT2D eigenvalue weighted by Crippen LogP contribution is -2.50. The number of hydrogen-bond donors (Lipinski definition) is 1. The zero-order valence-corrected chi connectivity index (χ0v) is 25.6. The average Bonchev–Trinajstić information content (AvgIpc) is 3.24. The van der Waals surface area contributed by atoms with Gasteiger partial charge in [-0.05, 0) is 56.2 Å². The van der Waals surface area contributed by atoms with Crippen LogP contribution in [0.5, 0.6) is 0 Å². The van der Waals surface area contributed by atoms with Crippen LogP contribution in [0.3, 0.4) is 0 Å². The number of aromatic nitrogens is 3. The predicted octanol–water partition coefficient (Wildman–Crippen LogP) is 5.97. The van der Waals surface area contributed by atoms with E-state index in [1.165, 1.54) is 44.2 Å². The van der Waals surface area contributed by atoms with Gasteiger partial charge in [0.15, 0.2) is 5.82 Å². The van der Waals surface area contributed by atoms with Gasteiger partial charge in [0.1, 0.15) is 5.82 Å². The Labute approximate surface area is 244 Å². The molecule has 2 unspecified atom stereocenters. The third-order valence-electron chi connectivity index (χ3n) is 8.87. The van der Waals surface area contributed by atoms with Crippen LogP contribution in [0.1, 0.15) is 78.2 Å². The van der Waals surface area contributed by atoms with Crippen LogP contribution in [0.15, 0.2) is 29.4 Å². The largest absolute Gasteiger partial charge is 0.309 e. The van der Waals surface area contributed by atoms with Crippen molar-refractivity contribution in [3.63, 3.8) is 0 Å². The molecular formula is C31H47N7OS. The molecule has 2 aromatic heterocycles. The summed E-state index contributed by atoms with van der Waals surface area (Å²) in [5, 5.41) is 3.25. The molecule has 2 aliphatic heterocycles. The summed E-state index contributed by atoms with van der Waals surface area (Å²) in [6.45, 7) is 15.4. The molecule has 1 saturated heterocycles. The fourth-order valence-corrected chi connectivity index (χ4v) is 7.48. The molecule has 5 rings (SSSR count). The van der Waals surface area contributed by atoms with Crippen molar-refractivity contribution in [1.29, 1.82) is 0 Å². The highest BCUT2D eigenvalue weighted by Crippen LogP contribution is 2.45. The first-order valence-electron chi connectivity index (χ1n) is 15.5. The van der Waals surface area contributed by atoms with Gasteiger partial charge in [-0.1, -0.05) is 52.5 Å². The van der Waals surface area contributed by atoms with Gasteiger partial charge in [-0.15, -0.1) is 11.8 Å². The Kier molecular flexibility index (Phi) is 9.97. The van der Waals surface area contributed by atoms with E-state index in [1.807, 2.05) is 23.4 Å². The van der Waals surface area contributed by atoms with Crippen LogP contribution < -0.4 is 10.2 Å². The van der Waals surface area contributed by atoms with E-state index >= 15 is 0 Å². The predicted molar refractivity (Wildman–Crippen MR) is 164 cm³/mol. The molecule has 1 saturated carbocycles. The van der Waals surface area contributed by atoms with E-state index in [4.69, 9.17) is 4.98 Å². The Balaban J connectivity index is 1.28. The van der Waals surface area contributed by atoms with Gasteiger partial charge in [0.25, 0.3) is 0 Å². The van der Waals surface area contributed by atoms with Gasteiger partial charge in [0.05, 0.1) is 10.1 Å². The van der Waals surface area contributed by atoms with Crippen molar-refractivity contribution in [2.24, 2.45) is 11.8 Å². The lowest BCUT2D eigenvalue weighted by molar-refractivity contribution is -0.119. The number of carbonyl (C=O) groups excluding carboxylic acids is 1. The van der Waals surface area contributed by atoms with Crippen LogP contribution in [-0.2, 0) is 11.3 Å². The van der Waals surface area contributed by atoms with E-state index in [0.29, 0.717) is 23.6 Å². The molecule has 2 fully saturated rings. The van der Waals surface area contributed by atoms with Crippen molar-refractivity contribution in [2.75, 3.05) is 42.9 Å². The molecule has 9 heteroatoms. The third kappa shape index (κ3) is 6.97. The highest BCUT2D eigenvalue weighted by molar-refractivity contribution is 8.01. The number of piperazine rings is 1. The quantitative estimate of drug-likeness (QED) is 0.373. The first kappa shape index (κ1) is 29.3. The van der Waals surface area contributed by atoms with Crippen LogP contribution in [0.25, 0.3) is 0 Å². The van der Waals surface area contributed by atoms with Crippen LogP contribution >= 0.6 is 11.8 Å². The number of hydrogen-bond acceptors (Lipinski definition) is 8. The minimum absolute atomic E-state index is 0.0435. The monoisotopic (exact) mass is 565 g/mol. The maximum Gasteiger partial charge on any atom is 0.242 e. The van der Waals surface area contributed by atoms with Crippen molar-refractivity contribution in [3.8, 4) is 0 Å². The van der Waals surface area contributed by atoms with Gasteiger partial charge in [-0.25, -0.2) is 9.97 Å². The molecule has 4 heterocycles. The molecule has 0 spiro atoms. The molecule has 1 amide bonds. The molecule has 8 nitrogen and oxygen atoms in total. The summed E-state index contributed by atoms with van der Waals surface area (Å²) in [4.78, 5) is 36.2. The Hall–Kier alpha value is -2.23. The second-order valence-corrected chi connectivity index (χ2v) is 13.3. The highest BCUT2D eigenvalue weighted by atomic mass is 32.2. The van der Waals surface area contributed by atoms with Crippen LogP contribution in [0, 0.1) is 11.8 Å². The molecule has 2 atom stereocenters. The Morgan fingerprint density at radius 3 is 2.35 bits per heavy atom. The summed E-state index contributed by atoms with van der Waals surface area (Å²) >= 11 is 1.68. The summed E-state index contributed by atoms with van der Waals surface area (Å²) < 4.78 is 0. The van der Waals surface area contributed by atoms with Gasteiger partial charge in [0.2, 0.25) is 11.9 Å². The lowest BCUT2D eigenvalue weighted by atomic mass is 9.94. The van der Waals surface area contributed by atoms with Crippen LogP contribution in [-0.4, -0.2) is 74.7 Å². The number of thioether (sulfide) groups is 1. The van der Waals surface area contributed by atoms with E-state index in [-0.39, 0.29) is 17.2 Å². The molecule has 3 aliphatic rings. The molecule has 2 aromatic rings. The molecule has 0 bridgehead atoms. The molecule has 0 aromatic carbocycles. The van der Waals surface area contributed by atoms with Gasteiger partial charge >= 0.3 is 0 Å². The highest BCUT2D eigenvalue weighted by Gasteiger charge is 2.42. The first-order valence-corrected chi connectivity index (χ1v) is 16.3. The summed E-state index contributed by atoms with van der Waals surface area (Å²) in [6, 6.07) is 4.20. The minimum Gasteiger partial charge on any atom is -0.309 e. The van der Waals surface area contributed by atoms with E-state index in [0.717, 1.165) is 56.3 Å². The maximum absolute atomic E-state index is 14.0. The van der Waals surface area contributed by atoms with Crippen molar-refractivity contribution >= 4 is 35.3 Å². The van der Waals surface area contributed by atoms with E-state index in [9.17, 15) is 4.79 Å². The van der Waals surface area contributed by atoms with Gasteiger partial charge in [0, 0.05) is 51.2 Å². The molecule has 40 heavy (non-hydrogen) atoms. The van der Waals surface area contributed by atoms with Gasteiger partial charge in [-0.2, -0.15) is 4.98 Å². The third-order valence-corrected chi connectivity index (χ3v) is 10.3. The van der Waals surface area contributed by atoms with Crippen molar-refractivity contribution in [3.05, 3.63) is 30.1 Å². The number of pyridine rings is 1. The Morgan fingerprint density at radius 1 is 0.975 bits per heavy atom. The van der Waals surface area contributed by atoms with Crippen molar-refractivity contribution < 1.29 is 4.79 Å². The van der Waals surface area contributed by atoms with Gasteiger partial charge < -0.3 is 10.2 Å². The number of nitrogens with one attached hydrogen (secondary N) is 1. The second kappa shape index (κ2) is 13.6. The van der Waals surface area contributed by atoms with E-state index in [2.05, 4.69) is 58.8 Å². The van der Waals surface area contributed by atoms with Crippen LogP contribution in [0.2, 0.25) is 0 Å². The van der Waals surface area contributed by atoms with Gasteiger partial charge in [-0.3, -0.25) is 14.6 Å². The second-order valence-electron chi connectivity index (χ2n) is 12.2. The standard InChI is InChI=1S/C31H47N7OS/c1-5-14-36-15-17-37(18-16-36)21-24-12-13-27(32-19-24)34-31-33-20-26-29(35-31)38(23(4)22(2)3)30(39)28(40-26)25-10-8-6-7-9-11-25/h12-13,19-20,22-23,25,28H,5-11,14-18,21H2,1-4H3,(H,32,33,34,35). The van der Waals surface area contributed by atoms with E-state index < -0.39 is 0 Å². The fourth-order valence-electron chi connectivity index (χ4n) is 6.16. The number of rotatable bonds is 9. The number of anilines is 3. The number of fused-ring (bicyclic) bond motifs is 1. The zero-order valence-electron chi connectivity index (χ0n) is 24.8. The average molecular weight is 566 g/mol. The topological polar surface area (TPSA) is 77.5 Å². The first-order chi connectivity index (χ1) is 19.4. The summed E-state index contributed by atoms with van der Waals surface area (Å²) in [7, 11) is 0. The summed E-state index contributed by atoms with van der Waals surface area (Å²) in [6.07, 6.45) is 12.4. The number of nitrogens with zero attached hydrogens (tertiary/aromatic N) is 6. The summed E-state index contributed by atoms with van der Waals surface area (Å²) in [5.41, 5.74) is 1.21.